The lowest BCUT2D eigenvalue weighted by Gasteiger charge is -2.37. The van der Waals surface area contributed by atoms with Crippen LogP contribution in [0.15, 0.2) is 0 Å². The molecular weight excluding hydrogens is 344 g/mol. The number of likely N-dealkylation sites (tertiary alicyclic amines) is 2. The van der Waals surface area contributed by atoms with Crippen LogP contribution in [0.3, 0.4) is 0 Å². The van der Waals surface area contributed by atoms with Crippen molar-refractivity contribution in [3.63, 3.8) is 0 Å². The van der Waals surface area contributed by atoms with Crippen molar-refractivity contribution in [1.29, 1.82) is 0 Å². The van der Waals surface area contributed by atoms with Gasteiger partial charge in [-0.2, -0.15) is 0 Å². The van der Waals surface area contributed by atoms with Crippen molar-refractivity contribution in [3.05, 3.63) is 0 Å². The Hall–Kier alpha value is -1.18. The van der Waals surface area contributed by atoms with Crippen molar-refractivity contribution >= 4 is 11.8 Å². The molecule has 1 N–H and O–H groups in total. The highest BCUT2D eigenvalue weighted by Crippen LogP contribution is 2.31. The number of fused-ring (bicyclic) bond motifs is 1. The molecule has 0 aliphatic carbocycles. The number of ether oxygens (including phenoxy) is 1. The van der Waals surface area contributed by atoms with E-state index in [0.29, 0.717) is 19.0 Å². The monoisotopic (exact) mass is 378 g/mol. The number of amides is 2. The molecule has 0 aromatic carbocycles. The molecule has 4 heterocycles. The van der Waals surface area contributed by atoms with Crippen LogP contribution in [-0.2, 0) is 14.3 Å². The van der Waals surface area contributed by atoms with Crippen LogP contribution in [0.5, 0.6) is 0 Å². The van der Waals surface area contributed by atoms with Crippen LogP contribution in [0.1, 0.15) is 44.9 Å². The Bertz CT molecular complexity index is 545. The first-order valence-electron chi connectivity index (χ1n) is 10.8. The maximum atomic E-state index is 12.9. The van der Waals surface area contributed by atoms with Gasteiger partial charge in [-0.15, -0.1) is 0 Å². The molecule has 0 aromatic rings. The molecule has 7 nitrogen and oxygen atoms in total. The Balaban J connectivity index is 1.38. The van der Waals surface area contributed by atoms with E-state index in [1.54, 1.807) is 0 Å². The fourth-order valence-corrected chi connectivity index (χ4v) is 5.44. The molecule has 0 bridgehead atoms. The Labute approximate surface area is 162 Å². The number of rotatable bonds is 4. The molecule has 3 atom stereocenters. The number of likely N-dealkylation sites (N-methyl/N-ethyl adjacent to an activating group) is 1. The van der Waals surface area contributed by atoms with Crippen LogP contribution in [0.25, 0.3) is 0 Å². The van der Waals surface area contributed by atoms with Gasteiger partial charge in [-0.05, 0) is 45.6 Å². The van der Waals surface area contributed by atoms with E-state index >= 15 is 0 Å². The van der Waals surface area contributed by atoms with E-state index in [4.69, 9.17) is 4.74 Å². The van der Waals surface area contributed by atoms with Gasteiger partial charge in [-0.1, -0.05) is 0 Å². The Kier molecular flexibility index (Phi) is 5.99. The highest BCUT2D eigenvalue weighted by atomic mass is 16.5. The molecule has 0 saturated carbocycles. The van der Waals surface area contributed by atoms with Gasteiger partial charge in [0.15, 0.2) is 0 Å². The van der Waals surface area contributed by atoms with E-state index in [9.17, 15) is 9.59 Å². The molecule has 152 valence electrons. The van der Waals surface area contributed by atoms with Crippen molar-refractivity contribution in [1.82, 2.24) is 20.0 Å². The lowest BCUT2D eigenvalue weighted by atomic mass is 10.0. The van der Waals surface area contributed by atoms with Gasteiger partial charge in [0.25, 0.3) is 0 Å². The second-order valence-corrected chi connectivity index (χ2v) is 8.57. The minimum atomic E-state index is -0.0580. The van der Waals surface area contributed by atoms with Crippen LogP contribution in [0, 0.1) is 0 Å². The summed E-state index contributed by atoms with van der Waals surface area (Å²) >= 11 is 0. The van der Waals surface area contributed by atoms with Crippen LogP contribution in [0.4, 0.5) is 0 Å². The zero-order valence-electron chi connectivity index (χ0n) is 16.6. The third kappa shape index (κ3) is 4.00. The van der Waals surface area contributed by atoms with Gasteiger partial charge in [0.2, 0.25) is 11.8 Å². The minimum absolute atomic E-state index is 0.0580. The summed E-state index contributed by atoms with van der Waals surface area (Å²) in [5.74, 6) is 0.451. The molecule has 3 unspecified atom stereocenters. The summed E-state index contributed by atoms with van der Waals surface area (Å²) in [5, 5.41) is 3.18. The number of carbonyl (C=O) groups excluding carboxylic acids is 2. The number of hydrogen-bond donors (Lipinski definition) is 1. The predicted octanol–water partition coefficient (Wildman–Crippen LogP) is 0.441. The van der Waals surface area contributed by atoms with E-state index in [0.717, 1.165) is 71.4 Å². The van der Waals surface area contributed by atoms with Crippen LogP contribution in [-0.4, -0.2) is 97.1 Å². The molecule has 4 rings (SSSR count). The molecule has 4 fully saturated rings. The normalized spacial score (nSPS) is 33.7. The van der Waals surface area contributed by atoms with Gasteiger partial charge < -0.3 is 15.0 Å². The molecule has 27 heavy (non-hydrogen) atoms. The first-order chi connectivity index (χ1) is 13.1. The molecule has 4 saturated heterocycles. The average molecular weight is 379 g/mol. The summed E-state index contributed by atoms with van der Waals surface area (Å²) in [6, 6.07) is 0.894. The molecule has 7 heteroatoms. The van der Waals surface area contributed by atoms with Crippen molar-refractivity contribution in [2.24, 2.45) is 0 Å². The molecule has 2 amide bonds. The van der Waals surface area contributed by atoms with Gasteiger partial charge in [-0.25, -0.2) is 0 Å². The Morgan fingerprint density at radius 3 is 2.63 bits per heavy atom. The smallest absolute Gasteiger partial charge is 0.239 e. The lowest BCUT2D eigenvalue weighted by molar-refractivity contribution is -0.130. The number of nitrogens with one attached hydrogen (secondary N) is 1. The molecule has 0 radical (unpaired) electrons. The number of nitrogens with zero attached hydrogens (tertiary/aromatic N) is 3. The first kappa shape index (κ1) is 19.2. The summed E-state index contributed by atoms with van der Waals surface area (Å²) in [6.45, 7) is 5.07. The van der Waals surface area contributed by atoms with Crippen LogP contribution >= 0.6 is 0 Å². The number of hydrogen-bond acceptors (Lipinski definition) is 5. The first-order valence-corrected chi connectivity index (χ1v) is 10.8. The largest absolute Gasteiger partial charge is 0.381 e. The molecule has 4 aliphatic heterocycles. The quantitative estimate of drug-likeness (QED) is 0.769. The molecular formula is C20H34N4O3. The van der Waals surface area contributed by atoms with E-state index in [-0.39, 0.29) is 29.9 Å². The lowest BCUT2D eigenvalue weighted by Crippen LogP contribution is -2.53. The van der Waals surface area contributed by atoms with E-state index in [2.05, 4.69) is 22.2 Å². The highest BCUT2D eigenvalue weighted by molar-refractivity contribution is 5.83. The number of carbonyl (C=O) groups is 2. The van der Waals surface area contributed by atoms with Crippen molar-refractivity contribution in [2.75, 3.05) is 46.4 Å². The zero-order valence-corrected chi connectivity index (χ0v) is 16.6. The molecule has 4 aliphatic rings. The summed E-state index contributed by atoms with van der Waals surface area (Å²) in [6.07, 6.45) is 6.76. The maximum absolute atomic E-state index is 12.9. The summed E-state index contributed by atoms with van der Waals surface area (Å²) in [4.78, 5) is 32.1. The second-order valence-electron chi connectivity index (χ2n) is 8.57. The summed E-state index contributed by atoms with van der Waals surface area (Å²) < 4.78 is 5.51. The van der Waals surface area contributed by atoms with Crippen LogP contribution in [0.2, 0.25) is 0 Å². The Morgan fingerprint density at radius 2 is 1.89 bits per heavy atom. The second kappa shape index (κ2) is 8.45. The van der Waals surface area contributed by atoms with Crippen molar-refractivity contribution in [3.8, 4) is 0 Å². The fourth-order valence-electron chi connectivity index (χ4n) is 5.44. The van der Waals surface area contributed by atoms with Crippen molar-refractivity contribution in [2.45, 2.75) is 69.1 Å². The highest BCUT2D eigenvalue weighted by Gasteiger charge is 2.47. The minimum Gasteiger partial charge on any atom is -0.381 e. The molecule has 0 aromatic heterocycles. The van der Waals surface area contributed by atoms with Crippen LogP contribution < -0.4 is 5.32 Å². The molecule has 0 spiro atoms. The van der Waals surface area contributed by atoms with Crippen molar-refractivity contribution < 1.29 is 14.3 Å². The fraction of sp³-hybridized carbons (Fsp3) is 0.900. The maximum Gasteiger partial charge on any atom is 0.239 e. The van der Waals surface area contributed by atoms with E-state index < -0.39 is 0 Å². The van der Waals surface area contributed by atoms with Gasteiger partial charge in [0, 0.05) is 63.9 Å². The van der Waals surface area contributed by atoms with Gasteiger partial charge in [0.05, 0.1) is 0 Å². The average Bonchev–Trinajstić information content (AvgIpc) is 3.36. The predicted molar refractivity (Wildman–Crippen MR) is 102 cm³/mol. The van der Waals surface area contributed by atoms with Gasteiger partial charge in [-0.3, -0.25) is 19.4 Å². The summed E-state index contributed by atoms with van der Waals surface area (Å²) in [5.41, 5.74) is 0. The zero-order chi connectivity index (χ0) is 18.8. The topological polar surface area (TPSA) is 65.1 Å². The Morgan fingerprint density at radius 1 is 1.15 bits per heavy atom. The SMILES string of the molecule is CN1C(CCC(=O)N2CCCC2)CNC(=O)C2C1CCN2C1CCOCC1. The summed E-state index contributed by atoms with van der Waals surface area (Å²) in [7, 11) is 2.15. The third-order valence-electron chi connectivity index (χ3n) is 7.09. The van der Waals surface area contributed by atoms with E-state index in [1.807, 2.05) is 4.90 Å². The third-order valence-corrected chi connectivity index (χ3v) is 7.09. The standard InChI is InChI=1S/C20H34N4O3/c1-22-16(4-5-18(25)23-9-2-3-10-23)14-21-20(26)19-17(22)6-11-24(19)15-7-12-27-13-8-15/h15-17,19H,2-14H2,1H3,(H,21,26). The van der Waals surface area contributed by atoms with E-state index in [1.165, 1.54) is 0 Å². The van der Waals surface area contributed by atoms with Gasteiger partial charge in [0.1, 0.15) is 6.04 Å². The van der Waals surface area contributed by atoms with Gasteiger partial charge >= 0.3 is 0 Å².